The van der Waals surface area contributed by atoms with Crippen LogP contribution in [0.5, 0.6) is 0 Å². The molecule has 0 aromatic carbocycles. The molecule has 0 amide bonds. The molecule has 0 aliphatic carbocycles. The van der Waals surface area contributed by atoms with E-state index in [0.29, 0.717) is 6.29 Å². The quantitative estimate of drug-likeness (QED) is 0.447. The third kappa shape index (κ3) is 3.28. The highest BCUT2D eigenvalue weighted by Crippen LogP contribution is 2.38. The molecule has 0 aromatic heterocycles. The van der Waals surface area contributed by atoms with E-state index in [1.807, 2.05) is 6.07 Å². The minimum absolute atomic E-state index is 0.0698. The van der Waals surface area contributed by atoms with Gasteiger partial charge in [0.05, 0.1) is 12.2 Å². The summed E-state index contributed by atoms with van der Waals surface area (Å²) in [5.74, 6) is 0. The molecule has 1 rings (SSSR count). The average Bonchev–Trinajstić information content (AvgIpc) is 2.27. The lowest BCUT2D eigenvalue weighted by atomic mass is 10.1. The molecular formula is C13H21NO3Si. The molecule has 1 aliphatic rings. The SMILES string of the molecule is CC(C)(C)[Si](C)(C)OC1C=C[C@@H](C#N)O[C@@H]1C=O. The zero-order chi connectivity index (χ0) is 14.0. The highest BCUT2D eigenvalue weighted by Gasteiger charge is 2.41. The summed E-state index contributed by atoms with van der Waals surface area (Å²) < 4.78 is 11.5. The van der Waals surface area contributed by atoms with Crippen LogP contribution in [0.1, 0.15) is 20.8 Å². The van der Waals surface area contributed by atoms with Gasteiger partial charge in [0.25, 0.3) is 0 Å². The Morgan fingerprint density at radius 3 is 2.44 bits per heavy atom. The molecule has 1 heterocycles. The predicted octanol–water partition coefficient (Wildman–Crippen LogP) is 2.42. The van der Waals surface area contributed by atoms with Gasteiger partial charge < -0.3 is 14.0 Å². The van der Waals surface area contributed by atoms with Gasteiger partial charge >= 0.3 is 0 Å². The van der Waals surface area contributed by atoms with E-state index in [-0.39, 0.29) is 11.1 Å². The monoisotopic (exact) mass is 267 g/mol. The van der Waals surface area contributed by atoms with E-state index >= 15 is 0 Å². The number of rotatable bonds is 3. The molecule has 0 saturated carbocycles. The van der Waals surface area contributed by atoms with Crippen LogP contribution in [0.15, 0.2) is 12.2 Å². The smallest absolute Gasteiger partial charge is 0.193 e. The van der Waals surface area contributed by atoms with Crippen molar-refractivity contribution in [2.75, 3.05) is 0 Å². The second-order valence-electron chi connectivity index (χ2n) is 6.01. The van der Waals surface area contributed by atoms with E-state index in [4.69, 9.17) is 14.4 Å². The van der Waals surface area contributed by atoms with Crippen molar-refractivity contribution in [2.45, 2.75) is 57.2 Å². The van der Waals surface area contributed by atoms with Gasteiger partial charge in [0.2, 0.25) is 0 Å². The molecule has 0 saturated heterocycles. The number of carbonyl (C=O) groups excluding carboxylic acids is 1. The third-order valence-corrected chi connectivity index (χ3v) is 8.08. The zero-order valence-corrected chi connectivity index (χ0v) is 12.6. The standard InChI is InChI=1S/C13H21NO3Si/c1-13(2,3)18(4,5)17-11-7-6-10(8-14)16-12(11)9-15/h6-7,9-12H,1-5H3/t10-,11?,12+/m0/s1. The van der Waals surface area contributed by atoms with Gasteiger partial charge in [-0.05, 0) is 24.2 Å². The maximum Gasteiger partial charge on any atom is 0.193 e. The van der Waals surface area contributed by atoms with Crippen LogP contribution in [0.25, 0.3) is 0 Å². The van der Waals surface area contributed by atoms with E-state index in [2.05, 4.69) is 33.9 Å². The Labute approximate surface area is 110 Å². The highest BCUT2D eigenvalue weighted by atomic mass is 28.4. The number of nitrogens with zero attached hydrogens (tertiary/aromatic N) is 1. The first-order valence-corrected chi connectivity index (χ1v) is 8.98. The molecule has 0 radical (unpaired) electrons. The number of hydrogen-bond donors (Lipinski definition) is 0. The van der Waals surface area contributed by atoms with Crippen LogP contribution in [0.3, 0.4) is 0 Å². The van der Waals surface area contributed by atoms with Crippen molar-refractivity contribution in [3.8, 4) is 6.07 Å². The van der Waals surface area contributed by atoms with Gasteiger partial charge in [0.15, 0.2) is 20.7 Å². The number of carbonyl (C=O) groups is 1. The summed E-state index contributed by atoms with van der Waals surface area (Å²) in [6.07, 6.45) is 2.42. The van der Waals surface area contributed by atoms with Gasteiger partial charge in [-0.25, -0.2) is 0 Å². The first-order chi connectivity index (χ1) is 8.21. The lowest BCUT2D eigenvalue weighted by molar-refractivity contribution is -0.125. The molecule has 0 fully saturated rings. The number of nitriles is 1. The first kappa shape index (κ1) is 15.1. The number of aldehydes is 1. The van der Waals surface area contributed by atoms with E-state index in [0.717, 1.165) is 0 Å². The number of ether oxygens (including phenoxy) is 1. The Bertz CT molecular complexity index is 379. The molecule has 5 heteroatoms. The Hall–Kier alpha value is -0.963. The normalized spacial score (nSPS) is 28.8. The van der Waals surface area contributed by atoms with Crippen molar-refractivity contribution >= 4 is 14.6 Å². The molecule has 18 heavy (non-hydrogen) atoms. The number of hydrogen-bond acceptors (Lipinski definition) is 4. The minimum Gasteiger partial charge on any atom is -0.407 e. The van der Waals surface area contributed by atoms with Crippen molar-refractivity contribution in [1.29, 1.82) is 5.26 Å². The molecule has 100 valence electrons. The van der Waals surface area contributed by atoms with Crippen LogP contribution in [-0.2, 0) is 14.0 Å². The maximum atomic E-state index is 11.0. The fourth-order valence-electron chi connectivity index (χ4n) is 1.42. The van der Waals surface area contributed by atoms with Crippen LogP contribution < -0.4 is 0 Å². The van der Waals surface area contributed by atoms with Gasteiger partial charge in [-0.2, -0.15) is 5.26 Å². The minimum atomic E-state index is -1.96. The molecule has 0 N–H and O–H groups in total. The summed E-state index contributed by atoms with van der Waals surface area (Å²) >= 11 is 0. The van der Waals surface area contributed by atoms with E-state index in [1.165, 1.54) is 0 Å². The van der Waals surface area contributed by atoms with Gasteiger partial charge in [-0.3, -0.25) is 0 Å². The molecule has 4 nitrogen and oxygen atoms in total. The van der Waals surface area contributed by atoms with Gasteiger partial charge in [-0.1, -0.05) is 26.8 Å². The van der Waals surface area contributed by atoms with Crippen molar-refractivity contribution in [3.05, 3.63) is 12.2 Å². The fraction of sp³-hybridized carbons (Fsp3) is 0.692. The average molecular weight is 267 g/mol. The molecule has 1 unspecified atom stereocenters. The van der Waals surface area contributed by atoms with Crippen LogP contribution >= 0.6 is 0 Å². The van der Waals surface area contributed by atoms with Crippen molar-refractivity contribution in [2.24, 2.45) is 0 Å². The summed E-state index contributed by atoms with van der Waals surface area (Å²) in [6, 6.07) is 1.97. The van der Waals surface area contributed by atoms with E-state index < -0.39 is 20.5 Å². The van der Waals surface area contributed by atoms with Gasteiger partial charge in [0, 0.05) is 0 Å². The Balaban J connectivity index is 2.84. The molecule has 1 aliphatic heterocycles. The maximum absolute atomic E-state index is 11.0. The second-order valence-corrected chi connectivity index (χ2v) is 10.8. The summed E-state index contributed by atoms with van der Waals surface area (Å²) in [5, 5.41) is 8.85. The Morgan fingerprint density at radius 2 is 2.00 bits per heavy atom. The lowest BCUT2D eigenvalue weighted by Gasteiger charge is -2.40. The lowest BCUT2D eigenvalue weighted by Crippen LogP contribution is -2.49. The Morgan fingerprint density at radius 1 is 1.39 bits per heavy atom. The largest absolute Gasteiger partial charge is 0.407 e. The predicted molar refractivity (Wildman–Crippen MR) is 71.5 cm³/mol. The summed E-state index contributed by atoms with van der Waals surface area (Å²) in [5.41, 5.74) is 0. The first-order valence-electron chi connectivity index (χ1n) is 6.08. The topological polar surface area (TPSA) is 59.3 Å². The Kier molecular flexibility index (Phi) is 4.49. The molecule has 0 bridgehead atoms. The fourth-order valence-corrected chi connectivity index (χ4v) is 2.66. The van der Waals surface area contributed by atoms with Crippen molar-refractivity contribution in [1.82, 2.24) is 0 Å². The molecule has 0 spiro atoms. The molecule has 0 aromatic rings. The van der Waals surface area contributed by atoms with Crippen LogP contribution in [-0.4, -0.2) is 32.9 Å². The third-order valence-electron chi connectivity index (χ3n) is 3.60. The second kappa shape index (κ2) is 5.35. The molecule has 3 atom stereocenters. The van der Waals surface area contributed by atoms with E-state index in [9.17, 15) is 4.79 Å². The summed E-state index contributed by atoms with van der Waals surface area (Å²) in [4.78, 5) is 11.0. The van der Waals surface area contributed by atoms with Crippen LogP contribution in [0.2, 0.25) is 18.1 Å². The van der Waals surface area contributed by atoms with E-state index in [1.54, 1.807) is 12.2 Å². The zero-order valence-electron chi connectivity index (χ0n) is 11.6. The van der Waals surface area contributed by atoms with Crippen molar-refractivity contribution < 1.29 is 14.0 Å². The molecular weight excluding hydrogens is 246 g/mol. The van der Waals surface area contributed by atoms with Gasteiger partial charge in [-0.15, -0.1) is 0 Å². The highest BCUT2D eigenvalue weighted by molar-refractivity contribution is 6.74. The van der Waals surface area contributed by atoms with Gasteiger partial charge in [0.1, 0.15) is 6.10 Å². The van der Waals surface area contributed by atoms with Crippen LogP contribution in [0.4, 0.5) is 0 Å². The summed E-state index contributed by atoms with van der Waals surface area (Å²) in [7, 11) is -1.96. The van der Waals surface area contributed by atoms with Crippen LogP contribution in [0, 0.1) is 11.3 Å². The van der Waals surface area contributed by atoms with Crippen molar-refractivity contribution in [3.63, 3.8) is 0 Å². The summed E-state index contributed by atoms with van der Waals surface area (Å²) in [6.45, 7) is 10.7.